The largest absolute Gasteiger partial charge is 0.406 e. The second-order valence-electron chi connectivity index (χ2n) is 6.42. The Bertz CT molecular complexity index is 779. The van der Waals surface area contributed by atoms with Gasteiger partial charge in [-0.1, -0.05) is 18.9 Å². The van der Waals surface area contributed by atoms with Crippen molar-refractivity contribution in [1.82, 2.24) is 10.5 Å². The zero-order chi connectivity index (χ0) is 16.6. The maximum atomic E-state index is 13.9. The van der Waals surface area contributed by atoms with Gasteiger partial charge in [0.2, 0.25) is 6.41 Å². The molecule has 4 rings (SSSR count). The number of halogens is 1. The number of rotatable bonds is 6. The average molecular weight is 327 g/mol. The van der Waals surface area contributed by atoms with E-state index in [4.69, 9.17) is 4.84 Å². The fraction of sp³-hybridized carbons (Fsp3) is 0.333. The Labute approximate surface area is 139 Å². The molecule has 5 nitrogen and oxygen atoms in total. The summed E-state index contributed by atoms with van der Waals surface area (Å²) in [6, 6.07) is 6.71. The summed E-state index contributed by atoms with van der Waals surface area (Å²) in [4.78, 5) is 20.5. The van der Waals surface area contributed by atoms with E-state index in [1.807, 2.05) is 6.07 Å². The Morgan fingerprint density at radius 3 is 3.08 bits per heavy atom. The molecule has 1 aliphatic heterocycles. The predicted molar refractivity (Wildman–Crippen MR) is 86.8 cm³/mol. The number of carbonyl (C=O) groups excluding carboxylic acids is 1. The van der Waals surface area contributed by atoms with Crippen LogP contribution in [-0.2, 0) is 10.3 Å². The third-order valence-corrected chi connectivity index (χ3v) is 4.88. The van der Waals surface area contributed by atoms with Crippen molar-refractivity contribution in [3.63, 3.8) is 0 Å². The van der Waals surface area contributed by atoms with Crippen LogP contribution in [-0.4, -0.2) is 11.4 Å². The normalized spacial score (nSPS) is 21.9. The quantitative estimate of drug-likeness (QED) is 0.800. The van der Waals surface area contributed by atoms with Crippen molar-refractivity contribution < 1.29 is 14.0 Å². The molecular weight excluding hydrogens is 309 g/mol. The Kier molecular flexibility index (Phi) is 3.69. The van der Waals surface area contributed by atoms with Gasteiger partial charge >= 0.3 is 0 Å². The van der Waals surface area contributed by atoms with Crippen molar-refractivity contribution in [3.05, 3.63) is 53.6 Å². The summed E-state index contributed by atoms with van der Waals surface area (Å²) in [5.41, 5.74) is 4.60. The molecule has 2 heterocycles. The van der Waals surface area contributed by atoms with Crippen LogP contribution in [0.3, 0.4) is 0 Å². The molecule has 2 aromatic rings. The number of benzene rings is 1. The van der Waals surface area contributed by atoms with Crippen LogP contribution < -0.4 is 15.6 Å². The summed E-state index contributed by atoms with van der Waals surface area (Å²) in [6.07, 6.45) is 8.32. The molecule has 1 aliphatic carbocycles. The van der Waals surface area contributed by atoms with E-state index in [2.05, 4.69) is 15.8 Å². The summed E-state index contributed by atoms with van der Waals surface area (Å²) < 4.78 is 13.9. The van der Waals surface area contributed by atoms with Crippen molar-refractivity contribution in [1.29, 1.82) is 0 Å². The zero-order valence-corrected chi connectivity index (χ0v) is 13.1. The first-order valence-electron chi connectivity index (χ1n) is 8.12. The van der Waals surface area contributed by atoms with E-state index in [1.165, 1.54) is 18.9 Å². The van der Waals surface area contributed by atoms with E-state index in [1.54, 1.807) is 24.5 Å². The molecule has 1 aromatic carbocycles. The molecule has 2 N–H and O–H groups in total. The Hall–Kier alpha value is -2.47. The van der Waals surface area contributed by atoms with Crippen LogP contribution in [0, 0.1) is 11.7 Å². The molecule has 0 bridgehead atoms. The Morgan fingerprint density at radius 2 is 2.29 bits per heavy atom. The van der Waals surface area contributed by atoms with Gasteiger partial charge in [-0.2, -0.15) is 0 Å². The SMILES string of the molecule is O=CNc1cc(C2(CCC3CC3)NOc3cnccc32)ccc1F. The molecule has 1 saturated carbocycles. The molecule has 1 atom stereocenters. The van der Waals surface area contributed by atoms with Gasteiger partial charge in [-0.15, -0.1) is 5.48 Å². The number of fused-ring (bicyclic) bond motifs is 1. The van der Waals surface area contributed by atoms with E-state index in [9.17, 15) is 9.18 Å². The van der Waals surface area contributed by atoms with Crippen LogP contribution in [0.2, 0.25) is 0 Å². The van der Waals surface area contributed by atoms with Gasteiger partial charge in [-0.25, -0.2) is 4.39 Å². The van der Waals surface area contributed by atoms with Crippen molar-refractivity contribution >= 4 is 12.1 Å². The summed E-state index contributed by atoms with van der Waals surface area (Å²) in [7, 11) is 0. The van der Waals surface area contributed by atoms with E-state index >= 15 is 0 Å². The maximum Gasteiger partial charge on any atom is 0.211 e. The highest BCUT2D eigenvalue weighted by molar-refractivity contribution is 5.72. The number of hydrogen-bond acceptors (Lipinski definition) is 4. The van der Waals surface area contributed by atoms with Crippen LogP contribution in [0.1, 0.15) is 36.8 Å². The molecule has 124 valence electrons. The minimum atomic E-state index is -0.562. The highest BCUT2D eigenvalue weighted by atomic mass is 19.1. The van der Waals surface area contributed by atoms with Crippen LogP contribution in [0.5, 0.6) is 5.75 Å². The number of pyridine rings is 1. The number of amides is 1. The first kappa shape index (κ1) is 15.1. The van der Waals surface area contributed by atoms with Gasteiger partial charge < -0.3 is 10.2 Å². The number of hydroxylamine groups is 1. The summed E-state index contributed by atoms with van der Waals surface area (Å²) in [6.45, 7) is 0. The molecule has 0 spiro atoms. The lowest BCUT2D eigenvalue weighted by atomic mass is 9.79. The first-order chi connectivity index (χ1) is 11.7. The number of nitrogens with zero attached hydrogens (tertiary/aromatic N) is 1. The Morgan fingerprint density at radius 1 is 1.42 bits per heavy atom. The third kappa shape index (κ3) is 2.53. The van der Waals surface area contributed by atoms with Gasteiger partial charge in [0.25, 0.3) is 0 Å². The van der Waals surface area contributed by atoms with Crippen molar-refractivity contribution in [2.24, 2.45) is 5.92 Å². The fourth-order valence-corrected chi connectivity index (χ4v) is 3.35. The summed E-state index contributed by atoms with van der Waals surface area (Å²) in [5, 5.41) is 2.42. The minimum absolute atomic E-state index is 0.164. The monoisotopic (exact) mass is 327 g/mol. The smallest absolute Gasteiger partial charge is 0.211 e. The van der Waals surface area contributed by atoms with Gasteiger partial charge in [0.05, 0.1) is 11.9 Å². The maximum absolute atomic E-state index is 13.9. The number of anilines is 1. The number of aromatic nitrogens is 1. The highest BCUT2D eigenvalue weighted by Crippen LogP contribution is 2.46. The third-order valence-electron chi connectivity index (χ3n) is 4.88. The predicted octanol–water partition coefficient (Wildman–Crippen LogP) is 3.12. The van der Waals surface area contributed by atoms with Crippen molar-refractivity contribution in [2.75, 3.05) is 5.32 Å². The molecule has 1 unspecified atom stereocenters. The molecule has 24 heavy (non-hydrogen) atoms. The topological polar surface area (TPSA) is 63.2 Å². The lowest BCUT2D eigenvalue weighted by molar-refractivity contribution is -0.105. The highest BCUT2D eigenvalue weighted by Gasteiger charge is 2.43. The lowest BCUT2D eigenvalue weighted by Crippen LogP contribution is -2.40. The molecule has 6 heteroatoms. The molecule has 1 amide bonds. The first-order valence-corrected chi connectivity index (χ1v) is 8.12. The summed E-state index contributed by atoms with van der Waals surface area (Å²) in [5.74, 6) is 0.974. The molecule has 1 fully saturated rings. The molecule has 0 radical (unpaired) electrons. The van der Waals surface area contributed by atoms with Crippen LogP contribution in [0.15, 0.2) is 36.7 Å². The van der Waals surface area contributed by atoms with Gasteiger partial charge in [-0.3, -0.25) is 9.78 Å². The van der Waals surface area contributed by atoms with E-state index in [-0.39, 0.29) is 5.69 Å². The second-order valence-corrected chi connectivity index (χ2v) is 6.42. The molecule has 2 aliphatic rings. The lowest BCUT2D eigenvalue weighted by Gasteiger charge is -2.29. The van der Waals surface area contributed by atoms with Gasteiger partial charge in [0, 0.05) is 11.8 Å². The fourth-order valence-electron chi connectivity index (χ4n) is 3.35. The van der Waals surface area contributed by atoms with Crippen LogP contribution >= 0.6 is 0 Å². The van der Waals surface area contributed by atoms with Crippen LogP contribution in [0.4, 0.5) is 10.1 Å². The standard InChI is InChI=1S/C18H18FN3O2/c19-15-4-3-13(9-16(15)21-11-23)18(7-5-12-1-2-12)14-6-8-20-10-17(14)24-22-18/h3-4,6,8-12,22H,1-2,5,7H2,(H,21,23). The Balaban J connectivity index is 1.79. The number of carbonyl (C=O) groups is 1. The van der Waals surface area contributed by atoms with E-state index in [0.717, 1.165) is 29.9 Å². The van der Waals surface area contributed by atoms with Gasteiger partial charge in [0.15, 0.2) is 5.75 Å². The van der Waals surface area contributed by atoms with E-state index in [0.29, 0.717) is 12.2 Å². The van der Waals surface area contributed by atoms with Crippen molar-refractivity contribution in [3.8, 4) is 5.75 Å². The van der Waals surface area contributed by atoms with E-state index < -0.39 is 11.4 Å². The van der Waals surface area contributed by atoms with Gasteiger partial charge in [-0.05, 0) is 42.5 Å². The molecular formula is C18H18FN3O2. The molecule has 0 saturated heterocycles. The summed E-state index contributed by atoms with van der Waals surface area (Å²) >= 11 is 0. The van der Waals surface area contributed by atoms with Crippen molar-refractivity contribution in [2.45, 2.75) is 31.2 Å². The van der Waals surface area contributed by atoms with Gasteiger partial charge in [0.1, 0.15) is 11.4 Å². The zero-order valence-electron chi connectivity index (χ0n) is 13.1. The second kappa shape index (κ2) is 5.87. The number of nitrogens with one attached hydrogen (secondary N) is 2. The molecule has 1 aromatic heterocycles. The number of hydrogen-bond donors (Lipinski definition) is 2. The van der Waals surface area contributed by atoms with Crippen LogP contribution in [0.25, 0.3) is 0 Å². The average Bonchev–Trinajstić information content (AvgIpc) is 3.36. The minimum Gasteiger partial charge on any atom is -0.406 e.